The molecule has 0 fully saturated rings. The molecule has 0 aliphatic heterocycles. The van der Waals surface area contributed by atoms with Crippen LogP contribution in [0, 0.1) is 12.7 Å². The molecule has 1 atom stereocenters. The molecule has 19 heavy (non-hydrogen) atoms. The second-order valence-electron chi connectivity index (χ2n) is 4.22. The van der Waals surface area contributed by atoms with E-state index in [4.69, 9.17) is 0 Å². The van der Waals surface area contributed by atoms with Gasteiger partial charge in [-0.05, 0) is 31.0 Å². The van der Waals surface area contributed by atoms with Crippen LogP contribution in [0.5, 0.6) is 0 Å². The smallest absolute Gasteiger partial charge is 0.255 e. The van der Waals surface area contributed by atoms with Gasteiger partial charge in [0.1, 0.15) is 5.82 Å². The fraction of sp³-hybridized carbons (Fsp3) is 0.462. The second kappa shape index (κ2) is 7.01. The van der Waals surface area contributed by atoms with Crippen LogP contribution >= 0.6 is 0 Å². The molecule has 3 nitrogen and oxygen atoms in total. The van der Waals surface area contributed by atoms with Gasteiger partial charge >= 0.3 is 0 Å². The van der Waals surface area contributed by atoms with Gasteiger partial charge in [0.05, 0.1) is 12.6 Å². The van der Waals surface area contributed by atoms with Gasteiger partial charge in [-0.15, -0.1) is 0 Å². The summed E-state index contributed by atoms with van der Waals surface area (Å²) in [4.78, 5) is 3.83. The molecule has 0 amide bonds. The number of hydrogen-bond donors (Lipinski definition) is 2. The van der Waals surface area contributed by atoms with Crippen LogP contribution in [0.3, 0.4) is 0 Å². The summed E-state index contributed by atoms with van der Waals surface area (Å²) in [5.41, 5.74) is 1.29. The van der Waals surface area contributed by atoms with E-state index in [1.54, 1.807) is 26.0 Å². The lowest BCUT2D eigenvalue weighted by atomic mass is 10.1. The summed E-state index contributed by atoms with van der Waals surface area (Å²) in [6.45, 7) is 3.01. The summed E-state index contributed by atoms with van der Waals surface area (Å²) >= 11 is 0. The first-order valence-electron chi connectivity index (χ1n) is 5.95. The second-order valence-corrected chi connectivity index (χ2v) is 4.22. The first-order chi connectivity index (χ1) is 8.93. The van der Waals surface area contributed by atoms with Gasteiger partial charge < -0.3 is 10.6 Å². The van der Waals surface area contributed by atoms with E-state index in [0.717, 1.165) is 5.56 Å². The van der Waals surface area contributed by atoms with E-state index >= 15 is 0 Å². The monoisotopic (exact) mass is 273 g/mol. The Morgan fingerprint density at radius 3 is 2.58 bits per heavy atom. The van der Waals surface area contributed by atoms with E-state index < -0.39 is 13.0 Å². The highest BCUT2D eigenvalue weighted by Crippen LogP contribution is 2.16. The lowest BCUT2D eigenvalue weighted by molar-refractivity contribution is 0.152. The molecule has 0 spiro atoms. The summed E-state index contributed by atoms with van der Waals surface area (Å²) in [5.74, 6) is -0.0320. The van der Waals surface area contributed by atoms with E-state index in [1.165, 1.54) is 13.1 Å². The minimum atomic E-state index is -2.45. The molecule has 0 saturated carbocycles. The largest absolute Gasteiger partial charge is 0.351 e. The van der Waals surface area contributed by atoms with Crippen LogP contribution < -0.4 is 10.6 Å². The Balaban J connectivity index is 2.66. The molecule has 0 aliphatic carbocycles. The van der Waals surface area contributed by atoms with Crippen LogP contribution in [-0.2, 0) is 0 Å². The van der Waals surface area contributed by atoms with Crippen molar-refractivity contribution in [2.24, 2.45) is 4.99 Å². The van der Waals surface area contributed by atoms with Crippen LogP contribution in [0.1, 0.15) is 24.1 Å². The fourth-order valence-electron chi connectivity index (χ4n) is 1.54. The number of halogens is 3. The number of hydrogen-bond acceptors (Lipinski definition) is 1. The van der Waals surface area contributed by atoms with Crippen LogP contribution in [0.2, 0.25) is 0 Å². The standard InChI is InChI=1S/C13H18F3N3/c1-8-4-5-10(6-11(8)14)9(2)19-13(17-3)18-7-12(15)16/h4-6,9,12H,7H2,1-3H3,(H2,17,18,19). The van der Waals surface area contributed by atoms with Gasteiger partial charge in [0.2, 0.25) is 0 Å². The third-order valence-corrected chi connectivity index (χ3v) is 2.70. The van der Waals surface area contributed by atoms with Gasteiger partial charge in [-0.25, -0.2) is 13.2 Å². The molecular weight excluding hydrogens is 255 g/mol. The van der Waals surface area contributed by atoms with Crippen molar-refractivity contribution in [3.63, 3.8) is 0 Å². The first-order valence-corrected chi connectivity index (χ1v) is 5.95. The summed E-state index contributed by atoms with van der Waals surface area (Å²) < 4.78 is 37.6. The van der Waals surface area contributed by atoms with Crippen LogP contribution in [0.25, 0.3) is 0 Å². The molecule has 0 heterocycles. The molecule has 1 aromatic carbocycles. The number of aliphatic imine (C=N–C) groups is 1. The zero-order valence-corrected chi connectivity index (χ0v) is 11.2. The van der Waals surface area contributed by atoms with E-state index in [1.807, 2.05) is 0 Å². The van der Waals surface area contributed by atoms with Gasteiger partial charge in [0.25, 0.3) is 6.43 Å². The maximum absolute atomic E-state index is 13.4. The first kappa shape index (κ1) is 15.3. The fourth-order valence-corrected chi connectivity index (χ4v) is 1.54. The van der Waals surface area contributed by atoms with E-state index in [9.17, 15) is 13.2 Å². The van der Waals surface area contributed by atoms with Crippen LogP contribution in [0.15, 0.2) is 23.2 Å². The molecule has 0 aromatic heterocycles. The normalized spacial score (nSPS) is 13.5. The maximum atomic E-state index is 13.4. The number of nitrogens with one attached hydrogen (secondary N) is 2. The van der Waals surface area contributed by atoms with Crippen molar-refractivity contribution in [2.45, 2.75) is 26.3 Å². The zero-order chi connectivity index (χ0) is 14.4. The predicted molar refractivity (Wildman–Crippen MR) is 70.1 cm³/mol. The molecular formula is C13H18F3N3. The number of guanidine groups is 1. The third kappa shape index (κ3) is 4.81. The van der Waals surface area contributed by atoms with Gasteiger partial charge in [0, 0.05) is 7.05 Å². The highest BCUT2D eigenvalue weighted by molar-refractivity contribution is 5.80. The number of aryl methyl sites for hydroxylation is 1. The van der Waals surface area contributed by atoms with Gasteiger partial charge in [-0.2, -0.15) is 0 Å². The van der Waals surface area contributed by atoms with Crippen molar-refractivity contribution < 1.29 is 13.2 Å². The summed E-state index contributed by atoms with van der Waals surface area (Å²) in [6, 6.07) is 4.65. The van der Waals surface area contributed by atoms with Gasteiger partial charge in [-0.1, -0.05) is 12.1 Å². The minimum Gasteiger partial charge on any atom is -0.351 e. The third-order valence-electron chi connectivity index (χ3n) is 2.70. The predicted octanol–water partition coefficient (Wildman–Crippen LogP) is 2.63. The van der Waals surface area contributed by atoms with E-state index in [0.29, 0.717) is 5.56 Å². The van der Waals surface area contributed by atoms with Gasteiger partial charge in [0.15, 0.2) is 5.96 Å². The molecule has 106 valence electrons. The van der Waals surface area contributed by atoms with Crippen molar-refractivity contribution in [2.75, 3.05) is 13.6 Å². The Kier molecular flexibility index (Phi) is 5.66. The van der Waals surface area contributed by atoms with Crippen molar-refractivity contribution >= 4 is 5.96 Å². The minimum absolute atomic E-state index is 0.237. The molecule has 0 saturated heterocycles. The average Bonchev–Trinajstić information content (AvgIpc) is 2.37. The SMILES string of the molecule is CN=C(NCC(F)F)NC(C)c1ccc(C)c(F)c1. The molecule has 1 unspecified atom stereocenters. The molecule has 1 rings (SSSR count). The van der Waals surface area contributed by atoms with Crippen molar-refractivity contribution in [1.82, 2.24) is 10.6 Å². The van der Waals surface area contributed by atoms with Crippen LogP contribution in [0.4, 0.5) is 13.2 Å². The highest BCUT2D eigenvalue weighted by atomic mass is 19.3. The van der Waals surface area contributed by atoms with Crippen molar-refractivity contribution in [1.29, 1.82) is 0 Å². The van der Waals surface area contributed by atoms with E-state index in [2.05, 4.69) is 15.6 Å². The van der Waals surface area contributed by atoms with Crippen molar-refractivity contribution in [3.05, 3.63) is 35.1 Å². The number of rotatable bonds is 4. The highest BCUT2D eigenvalue weighted by Gasteiger charge is 2.10. The van der Waals surface area contributed by atoms with Gasteiger partial charge in [-0.3, -0.25) is 4.99 Å². The molecule has 1 aromatic rings. The average molecular weight is 273 g/mol. The summed E-state index contributed by atoms with van der Waals surface area (Å²) in [7, 11) is 1.49. The van der Waals surface area contributed by atoms with Crippen LogP contribution in [-0.4, -0.2) is 26.0 Å². The zero-order valence-electron chi connectivity index (χ0n) is 11.2. The Bertz CT molecular complexity index is 447. The number of benzene rings is 1. The lowest BCUT2D eigenvalue weighted by Crippen LogP contribution is -2.40. The Hall–Kier alpha value is -1.72. The number of alkyl halides is 2. The topological polar surface area (TPSA) is 36.4 Å². The number of nitrogens with zero attached hydrogens (tertiary/aromatic N) is 1. The quantitative estimate of drug-likeness (QED) is 0.653. The molecule has 2 N–H and O–H groups in total. The van der Waals surface area contributed by atoms with Crippen molar-refractivity contribution in [3.8, 4) is 0 Å². The molecule has 0 bridgehead atoms. The summed E-state index contributed by atoms with van der Waals surface area (Å²) in [5, 5.41) is 5.41. The lowest BCUT2D eigenvalue weighted by Gasteiger charge is -2.18. The molecule has 6 heteroatoms. The maximum Gasteiger partial charge on any atom is 0.255 e. The Morgan fingerprint density at radius 2 is 2.05 bits per heavy atom. The summed E-state index contributed by atoms with van der Waals surface area (Å²) in [6.07, 6.45) is -2.45. The molecule has 0 radical (unpaired) electrons. The Labute approximate surface area is 110 Å². The Morgan fingerprint density at radius 1 is 1.37 bits per heavy atom. The molecule has 0 aliphatic rings. The van der Waals surface area contributed by atoms with E-state index in [-0.39, 0.29) is 17.8 Å².